The van der Waals surface area contributed by atoms with Crippen LogP contribution in [0.2, 0.25) is 0 Å². The summed E-state index contributed by atoms with van der Waals surface area (Å²) in [5, 5.41) is 3.29. The van der Waals surface area contributed by atoms with Gasteiger partial charge < -0.3 is 10.1 Å². The monoisotopic (exact) mass is 271 g/mol. The zero-order chi connectivity index (χ0) is 14.0. The molecule has 0 heterocycles. The van der Waals surface area contributed by atoms with Crippen molar-refractivity contribution in [2.45, 2.75) is 37.3 Å². The Morgan fingerprint density at radius 1 is 1.22 bits per heavy atom. The third-order valence-electron chi connectivity index (χ3n) is 3.23. The fourth-order valence-electron chi connectivity index (χ4n) is 1.40. The smallest absolute Gasteiger partial charge is 0.175 e. The second-order valence-electron chi connectivity index (χ2n) is 4.97. The van der Waals surface area contributed by atoms with Crippen LogP contribution in [-0.4, -0.2) is 33.4 Å². The number of nitrogens with one attached hydrogen (secondary N) is 1. The van der Waals surface area contributed by atoms with Crippen molar-refractivity contribution >= 4 is 15.5 Å². The van der Waals surface area contributed by atoms with E-state index >= 15 is 0 Å². The van der Waals surface area contributed by atoms with Gasteiger partial charge in [-0.1, -0.05) is 0 Å². The fraction of sp³-hybridized carbons (Fsp3) is 0.538. The van der Waals surface area contributed by atoms with Crippen molar-refractivity contribution in [1.29, 1.82) is 0 Å². The molecule has 0 aromatic heterocycles. The van der Waals surface area contributed by atoms with Crippen LogP contribution < -0.4 is 5.32 Å². The van der Waals surface area contributed by atoms with Gasteiger partial charge in [0.25, 0.3) is 0 Å². The van der Waals surface area contributed by atoms with Gasteiger partial charge in [0.15, 0.2) is 9.84 Å². The van der Waals surface area contributed by atoms with Gasteiger partial charge in [-0.25, -0.2) is 8.42 Å². The highest BCUT2D eigenvalue weighted by Crippen LogP contribution is 2.20. The summed E-state index contributed by atoms with van der Waals surface area (Å²) in [4.78, 5) is 0.326. The molecule has 1 rings (SSSR count). The average Bonchev–Trinajstić information content (AvgIpc) is 2.28. The summed E-state index contributed by atoms with van der Waals surface area (Å²) in [6.45, 7) is 6.01. The second kappa shape index (κ2) is 5.28. The maximum absolute atomic E-state index is 11.3. The molecule has 5 heteroatoms. The minimum Gasteiger partial charge on any atom is -0.380 e. The van der Waals surface area contributed by atoms with Gasteiger partial charge in [-0.15, -0.1) is 0 Å². The summed E-state index contributed by atoms with van der Waals surface area (Å²) < 4.78 is 28.1. The number of rotatable bonds is 5. The van der Waals surface area contributed by atoms with Gasteiger partial charge >= 0.3 is 0 Å². The fourth-order valence-corrected chi connectivity index (χ4v) is 2.03. The van der Waals surface area contributed by atoms with Crippen LogP contribution in [-0.2, 0) is 14.6 Å². The van der Waals surface area contributed by atoms with Crippen LogP contribution in [0.15, 0.2) is 29.2 Å². The van der Waals surface area contributed by atoms with Crippen molar-refractivity contribution in [2.24, 2.45) is 0 Å². The molecule has 0 aliphatic heterocycles. The standard InChI is InChI=1S/C13H21NO3S/c1-10(13(2,3)17-4)14-11-6-8-12(9-7-11)18(5,15)16/h6-10,14H,1-5H3. The third kappa shape index (κ3) is 3.71. The van der Waals surface area contributed by atoms with Crippen LogP contribution in [0.1, 0.15) is 20.8 Å². The Kier molecular flexibility index (Phi) is 4.40. The summed E-state index contributed by atoms with van der Waals surface area (Å²) in [6.07, 6.45) is 1.20. The van der Waals surface area contributed by atoms with E-state index < -0.39 is 9.84 Å². The summed E-state index contributed by atoms with van der Waals surface area (Å²) >= 11 is 0. The van der Waals surface area contributed by atoms with Crippen LogP contribution in [0, 0.1) is 0 Å². The predicted molar refractivity (Wildman–Crippen MR) is 73.7 cm³/mol. The van der Waals surface area contributed by atoms with E-state index in [0.717, 1.165) is 5.69 Å². The Morgan fingerprint density at radius 3 is 2.11 bits per heavy atom. The first-order valence-corrected chi connectivity index (χ1v) is 7.68. The Morgan fingerprint density at radius 2 is 1.72 bits per heavy atom. The van der Waals surface area contributed by atoms with Crippen LogP contribution in [0.25, 0.3) is 0 Å². The SMILES string of the molecule is COC(C)(C)C(C)Nc1ccc(S(C)(=O)=O)cc1. The van der Waals surface area contributed by atoms with Gasteiger partial charge in [0, 0.05) is 19.1 Å². The van der Waals surface area contributed by atoms with E-state index in [-0.39, 0.29) is 11.6 Å². The minimum atomic E-state index is -3.13. The Hall–Kier alpha value is -1.07. The molecule has 0 saturated heterocycles. The van der Waals surface area contributed by atoms with Crippen molar-refractivity contribution in [3.63, 3.8) is 0 Å². The number of hydrogen-bond donors (Lipinski definition) is 1. The first-order valence-electron chi connectivity index (χ1n) is 5.78. The Labute approximate surface area is 109 Å². The number of sulfone groups is 1. The molecule has 0 radical (unpaired) electrons. The van der Waals surface area contributed by atoms with Gasteiger partial charge in [-0.05, 0) is 45.0 Å². The van der Waals surface area contributed by atoms with Crippen molar-refractivity contribution in [2.75, 3.05) is 18.7 Å². The average molecular weight is 271 g/mol. The van der Waals surface area contributed by atoms with Crippen molar-refractivity contribution in [3.05, 3.63) is 24.3 Å². The molecule has 0 fully saturated rings. The predicted octanol–water partition coefficient (Wildman–Crippen LogP) is 2.32. The molecule has 0 saturated carbocycles. The zero-order valence-corrected chi connectivity index (χ0v) is 12.3. The van der Waals surface area contributed by atoms with Crippen molar-refractivity contribution in [1.82, 2.24) is 0 Å². The summed E-state index contributed by atoms with van der Waals surface area (Å²) in [6, 6.07) is 6.83. The topological polar surface area (TPSA) is 55.4 Å². The molecule has 0 aliphatic carbocycles. The van der Waals surface area contributed by atoms with E-state index in [2.05, 4.69) is 5.32 Å². The zero-order valence-electron chi connectivity index (χ0n) is 11.5. The molecule has 0 bridgehead atoms. The number of hydrogen-bond acceptors (Lipinski definition) is 4. The lowest BCUT2D eigenvalue weighted by molar-refractivity contribution is 0.0107. The molecule has 102 valence electrons. The molecule has 18 heavy (non-hydrogen) atoms. The second-order valence-corrected chi connectivity index (χ2v) is 6.99. The molecule has 4 nitrogen and oxygen atoms in total. The van der Waals surface area contributed by atoms with Crippen LogP contribution in [0.5, 0.6) is 0 Å². The van der Waals surface area contributed by atoms with Crippen LogP contribution in [0.3, 0.4) is 0 Å². The Balaban J connectivity index is 2.82. The molecule has 1 aromatic carbocycles. The summed E-state index contributed by atoms with van der Waals surface area (Å²) in [5.41, 5.74) is 0.579. The third-order valence-corrected chi connectivity index (χ3v) is 4.36. The highest BCUT2D eigenvalue weighted by molar-refractivity contribution is 7.90. The van der Waals surface area contributed by atoms with Crippen LogP contribution >= 0.6 is 0 Å². The van der Waals surface area contributed by atoms with E-state index in [1.807, 2.05) is 20.8 Å². The molecule has 0 spiro atoms. The maximum atomic E-state index is 11.3. The van der Waals surface area contributed by atoms with Gasteiger partial charge in [0.05, 0.1) is 16.5 Å². The lowest BCUT2D eigenvalue weighted by atomic mass is 10.00. The van der Waals surface area contributed by atoms with Gasteiger partial charge in [-0.3, -0.25) is 0 Å². The number of anilines is 1. The molecule has 1 N–H and O–H groups in total. The number of benzene rings is 1. The largest absolute Gasteiger partial charge is 0.380 e. The molecule has 0 amide bonds. The normalized spacial score (nSPS) is 14.3. The van der Waals surface area contributed by atoms with Crippen molar-refractivity contribution < 1.29 is 13.2 Å². The van der Waals surface area contributed by atoms with Gasteiger partial charge in [-0.2, -0.15) is 0 Å². The van der Waals surface area contributed by atoms with E-state index in [9.17, 15) is 8.42 Å². The van der Waals surface area contributed by atoms with E-state index in [1.165, 1.54) is 6.26 Å². The lowest BCUT2D eigenvalue weighted by Gasteiger charge is -2.31. The molecule has 0 aliphatic rings. The Bertz CT molecular complexity index is 491. The van der Waals surface area contributed by atoms with Crippen molar-refractivity contribution in [3.8, 4) is 0 Å². The van der Waals surface area contributed by atoms with Crippen LogP contribution in [0.4, 0.5) is 5.69 Å². The summed E-state index contributed by atoms with van der Waals surface area (Å²) in [7, 11) is -1.46. The lowest BCUT2D eigenvalue weighted by Crippen LogP contribution is -2.41. The first-order chi connectivity index (χ1) is 8.16. The van der Waals surface area contributed by atoms with E-state index in [1.54, 1.807) is 31.4 Å². The number of methoxy groups -OCH3 is 1. The molecule has 1 aromatic rings. The molecular weight excluding hydrogens is 250 g/mol. The molecule has 1 atom stereocenters. The van der Waals surface area contributed by atoms with E-state index in [4.69, 9.17) is 4.74 Å². The van der Waals surface area contributed by atoms with Gasteiger partial charge in [0.1, 0.15) is 0 Å². The molecule has 1 unspecified atom stereocenters. The quantitative estimate of drug-likeness (QED) is 0.893. The highest BCUT2D eigenvalue weighted by atomic mass is 32.2. The first kappa shape index (κ1) is 15.0. The number of ether oxygens (including phenoxy) is 1. The summed E-state index contributed by atoms with van der Waals surface area (Å²) in [5.74, 6) is 0. The highest BCUT2D eigenvalue weighted by Gasteiger charge is 2.25. The van der Waals surface area contributed by atoms with E-state index in [0.29, 0.717) is 4.90 Å². The molecular formula is C13H21NO3S. The minimum absolute atomic E-state index is 0.103. The van der Waals surface area contributed by atoms with Gasteiger partial charge in [0.2, 0.25) is 0 Å². The maximum Gasteiger partial charge on any atom is 0.175 e.